The zero-order chi connectivity index (χ0) is 18.8. The van der Waals surface area contributed by atoms with Crippen molar-refractivity contribution < 1.29 is 4.79 Å². The van der Waals surface area contributed by atoms with Crippen LogP contribution >= 0.6 is 35.7 Å². The molecule has 1 saturated heterocycles. The van der Waals surface area contributed by atoms with E-state index in [4.69, 9.17) is 0 Å². The van der Waals surface area contributed by atoms with Gasteiger partial charge in [-0.05, 0) is 38.2 Å². The fourth-order valence-corrected chi connectivity index (χ4v) is 3.19. The van der Waals surface area contributed by atoms with E-state index >= 15 is 0 Å². The van der Waals surface area contributed by atoms with Crippen LogP contribution in [0.1, 0.15) is 37.3 Å². The molecule has 1 aromatic rings. The van der Waals surface area contributed by atoms with E-state index in [-0.39, 0.29) is 29.9 Å². The molecular weight excluding hydrogens is 477 g/mol. The summed E-state index contributed by atoms with van der Waals surface area (Å²) < 4.78 is 1.95. The quantitative estimate of drug-likeness (QED) is 0.216. The van der Waals surface area contributed by atoms with Crippen LogP contribution in [0.25, 0.3) is 0 Å². The molecule has 0 spiro atoms. The van der Waals surface area contributed by atoms with Gasteiger partial charge in [-0.15, -0.1) is 34.2 Å². The third-order valence-corrected chi connectivity index (χ3v) is 5.14. The van der Waals surface area contributed by atoms with Crippen molar-refractivity contribution in [3.05, 3.63) is 11.6 Å². The maximum atomic E-state index is 11.7. The summed E-state index contributed by atoms with van der Waals surface area (Å²) in [5.74, 6) is 3.93. The molecule has 27 heavy (non-hydrogen) atoms. The van der Waals surface area contributed by atoms with Crippen LogP contribution in [0.5, 0.6) is 0 Å². The van der Waals surface area contributed by atoms with Gasteiger partial charge in [0, 0.05) is 39.6 Å². The van der Waals surface area contributed by atoms with Crippen LogP contribution < -0.4 is 10.6 Å². The fraction of sp³-hybridized carbons (Fsp3) is 0.765. The third kappa shape index (κ3) is 8.24. The van der Waals surface area contributed by atoms with Crippen LogP contribution in [0.3, 0.4) is 0 Å². The van der Waals surface area contributed by atoms with Crippen LogP contribution in [0.4, 0.5) is 0 Å². The Balaban J connectivity index is 0.00000364. The average Bonchev–Trinajstić information content (AvgIpc) is 3.19. The molecule has 1 aliphatic heterocycles. The molecule has 1 fully saturated rings. The molecule has 8 nitrogen and oxygen atoms in total. The molecule has 10 heteroatoms. The van der Waals surface area contributed by atoms with Crippen molar-refractivity contribution in [2.75, 3.05) is 38.2 Å². The minimum atomic E-state index is 0. The molecule has 1 aliphatic rings. The van der Waals surface area contributed by atoms with Crippen LogP contribution in [0.2, 0.25) is 0 Å². The number of likely N-dealkylation sites (tertiary alicyclic amines) is 1. The van der Waals surface area contributed by atoms with Gasteiger partial charge < -0.3 is 20.1 Å². The summed E-state index contributed by atoms with van der Waals surface area (Å²) in [7, 11) is 1.95. The summed E-state index contributed by atoms with van der Waals surface area (Å²) >= 11 is 1.84. The molecule has 0 aliphatic carbocycles. The highest BCUT2D eigenvalue weighted by molar-refractivity contribution is 14.0. The first-order chi connectivity index (χ1) is 12.6. The van der Waals surface area contributed by atoms with E-state index in [1.165, 1.54) is 0 Å². The van der Waals surface area contributed by atoms with Crippen LogP contribution in [0.15, 0.2) is 4.99 Å². The van der Waals surface area contributed by atoms with Gasteiger partial charge in [0.1, 0.15) is 12.4 Å². The van der Waals surface area contributed by atoms with Crippen molar-refractivity contribution in [3.63, 3.8) is 0 Å². The molecular formula is C17H32IN7OS. The Morgan fingerprint density at radius 3 is 2.59 bits per heavy atom. The monoisotopic (exact) mass is 509 g/mol. The van der Waals surface area contributed by atoms with Crippen molar-refractivity contribution in [3.8, 4) is 0 Å². The van der Waals surface area contributed by atoms with E-state index in [1.807, 2.05) is 35.2 Å². The Kier molecular flexibility index (Phi) is 11.7. The number of aromatic nitrogens is 3. The van der Waals surface area contributed by atoms with Crippen molar-refractivity contribution in [2.45, 2.75) is 39.2 Å². The molecule has 0 radical (unpaired) electrons. The first-order valence-electron chi connectivity index (χ1n) is 9.25. The average molecular weight is 509 g/mol. The molecule has 0 aromatic carbocycles. The summed E-state index contributed by atoms with van der Waals surface area (Å²) in [6, 6.07) is 0. The highest BCUT2D eigenvalue weighted by Gasteiger charge is 2.18. The minimum Gasteiger partial charge on any atom is -0.356 e. The number of nitrogens with one attached hydrogen (secondary N) is 2. The Morgan fingerprint density at radius 2 is 2.00 bits per heavy atom. The van der Waals surface area contributed by atoms with Crippen LogP contribution in [-0.4, -0.2) is 69.7 Å². The summed E-state index contributed by atoms with van der Waals surface area (Å²) in [5.41, 5.74) is 0. The number of aryl methyl sites for hydroxylation is 1. The predicted molar refractivity (Wildman–Crippen MR) is 122 cm³/mol. The summed E-state index contributed by atoms with van der Waals surface area (Å²) in [4.78, 5) is 18.2. The zero-order valence-electron chi connectivity index (χ0n) is 16.5. The van der Waals surface area contributed by atoms with Crippen molar-refractivity contribution >= 4 is 47.6 Å². The number of rotatable bonds is 10. The van der Waals surface area contributed by atoms with Gasteiger partial charge in [-0.25, -0.2) is 4.99 Å². The third-order valence-electron chi connectivity index (χ3n) is 4.45. The molecule has 0 unspecified atom stereocenters. The van der Waals surface area contributed by atoms with Gasteiger partial charge in [0.2, 0.25) is 5.91 Å². The number of aliphatic imine (C=N–C) groups is 1. The number of hydrogen-bond donors (Lipinski definition) is 2. The molecule has 2 rings (SSSR count). The molecule has 0 saturated carbocycles. The van der Waals surface area contributed by atoms with Gasteiger partial charge >= 0.3 is 0 Å². The highest BCUT2D eigenvalue weighted by Crippen LogP contribution is 2.09. The lowest BCUT2D eigenvalue weighted by Gasteiger charge is -2.16. The second-order valence-electron chi connectivity index (χ2n) is 6.43. The van der Waals surface area contributed by atoms with Gasteiger partial charge in [-0.1, -0.05) is 0 Å². The number of carbonyl (C=O) groups is 1. The van der Waals surface area contributed by atoms with Gasteiger partial charge in [0.15, 0.2) is 11.8 Å². The smallest absolute Gasteiger partial charge is 0.222 e. The lowest BCUT2D eigenvalue weighted by atomic mass is 10.4. The van der Waals surface area contributed by atoms with Crippen molar-refractivity contribution in [1.29, 1.82) is 0 Å². The van der Waals surface area contributed by atoms with Gasteiger partial charge in [0.25, 0.3) is 0 Å². The molecule has 0 atom stereocenters. The van der Waals surface area contributed by atoms with Gasteiger partial charge in [0.05, 0.1) is 0 Å². The van der Waals surface area contributed by atoms with E-state index in [9.17, 15) is 4.79 Å². The Morgan fingerprint density at radius 1 is 1.26 bits per heavy atom. The molecule has 2 N–H and O–H groups in total. The first-order valence-corrected chi connectivity index (χ1v) is 10.6. The second-order valence-corrected chi connectivity index (χ2v) is 7.41. The van der Waals surface area contributed by atoms with Crippen LogP contribution in [0, 0.1) is 6.92 Å². The Labute approximate surface area is 183 Å². The summed E-state index contributed by atoms with van der Waals surface area (Å²) in [6.07, 6.45) is 5.82. The maximum absolute atomic E-state index is 11.7. The topological polar surface area (TPSA) is 87.4 Å². The van der Waals surface area contributed by atoms with Crippen molar-refractivity contribution in [1.82, 2.24) is 30.3 Å². The number of halogens is 1. The largest absolute Gasteiger partial charge is 0.356 e. The number of thioether (sulfide) groups is 1. The molecule has 154 valence electrons. The highest BCUT2D eigenvalue weighted by atomic mass is 127. The zero-order valence-corrected chi connectivity index (χ0v) is 19.7. The normalized spacial score (nSPS) is 14.4. The standard InChI is InChI=1S/C17H31N7OS.HI/c1-14-21-22-15(23(14)2)13-20-17(19-9-6-12-26-3)18-8-5-11-24-10-4-7-16(24)25;/h4-13H2,1-3H3,(H2,18,19,20);1H. The van der Waals surface area contributed by atoms with E-state index in [1.54, 1.807) is 0 Å². The molecule has 0 bridgehead atoms. The summed E-state index contributed by atoms with van der Waals surface area (Å²) in [5, 5.41) is 15.0. The van der Waals surface area contributed by atoms with E-state index in [0.29, 0.717) is 13.0 Å². The van der Waals surface area contributed by atoms with Gasteiger partial charge in [-0.2, -0.15) is 11.8 Å². The lowest BCUT2D eigenvalue weighted by Crippen LogP contribution is -2.39. The second kappa shape index (κ2) is 13.2. The first kappa shape index (κ1) is 24.0. The number of amides is 1. The number of carbonyl (C=O) groups excluding carboxylic acids is 1. The Hall–Kier alpha value is -1.04. The number of guanidine groups is 1. The molecule has 2 heterocycles. The number of nitrogens with zero attached hydrogens (tertiary/aromatic N) is 5. The van der Waals surface area contributed by atoms with Gasteiger partial charge in [-0.3, -0.25) is 4.79 Å². The lowest BCUT2D eigenvalue weighted by molar-refractivity contribution is -0.127. The number of hydrogen-bond acceptors (Lipinski definition) is 5. The van der Waals surface area contributed by atoms with Crippen LogP contribution in [-0.2, 0) is 18.4 Å². The molecule has 1 aromatic heterocycles. The minimum absolute atomic E-state index is 0. The maximum Gasteiger partial charge on any atom is 0.222 e. The Bertz CT molecular complexity index is 608. The predicted octanol–water partition coefficient (Wildman–Crippen LogP) is 1.54. The fourth-order valence-electron chi connectivity index (χ4n) is 2.75. The van der Waals surface area contributed by atoms with E-state index < -0.39 is 0 Å². The molecule has 1 amide bonds. The SMILES string of the molecule is CSCCCNC(=NCc1nnc(C)n1C)NCCCN1CCCC1=O.I. The van der Waals surface area contributed by atoms with Crippen molar-refractivity contribution in [2.24, 2.45) is 12.0 Å². The summed E-state index contributed by atoms with van der Waals surface area (Å²) in [6.45, 7) is 5.80. The van der Waals surface area contributed by atoms with E-state index in [0.717, 1.165) is 68.8 Å². The van der Waals surface area contributed by atoms with E-state index in [2.05, 4.69) is 32.1 Å².